The molecule has 1 fully saturated rings. The molecular formula is C26H28FN7O2. The topological polar surface area (TPSA) is 98.4 Å². The maximum absolute atomic E-state index is 15.0. The van der Waals surface area contributed by atoms with Crippen molar-refractivity contribution in [3.63, 3.8) is 0 Å². The smallest absolute Gasteiger partial charge is 0.243 e. The SMILES string of the molecule is C=CC(=O)NC1C=C(Oc2nc(Nc3ccc(N4CCN(C)CC4)c(F)c3)nc3[nH]ccc23)C=CC1. The van der Waals surface area contributed by atoms with Crippen LogP contribution < -0.4 is 20.3 Å². The lowest BCUT2D eigenvalue weighted by Gasteiger charge is -2.34. The number of anilines is 3. The zero-order chi connectivity index (χ0) is 25.1. The number of nitrogens with one attached hydrogen (secondary N) is 3. The third kappa shape index (κ3) is 5.23. The van der Waals surface area contributed by atoms with Crippen LogP contribution in [0.15, 0.2) is 67.1 Å². The van der Waals surface area contributed by atoms with Crippen LogP contribution >= 0.6 is 0 Å². The average molecular weight is 490 g/mol. The van der Waals surface area contributed by atoms with Gasteiger partial charge in [0.1, 0.15) is 17.2 Å². The number of carbonyl (C=O) groups excluding carboxylic acids is 1. The predicted octanol–water partition coefficient (Wildman–Crippen LogP) is 3.49. The van der Waals surface area contributed by atoms with Crippen LogP contribution in [0.4, 0.5) is 21.7 Å². The molecule has 1 aromatic carbocycles. The average Bonchev–Trinajstić information content (AvgIpc) is 3.34. The third-order valence-electron chi connectivity index (χ3n) is 6.19. The van der Waals surface area contributed by atoms with E-state index >= 15 is 0 Å². The van der Waals surface area contributed by atoms with Gasteiger partial charge in [-0.25, -0.2) is 4.39 Å². The lowest BCUT2D eigenvalue weighted by atomic mass is 10.1. The highest BCUT2D eigenvalue weighted by Crippen LogP contribution is 2.29. The van der Waals surface area contributed by atoms with Gasteiger partial charge in [0.05, 0.1) is 17.1 Å². The van der Waals surface area contributed by atoms with Gasteiger partial charge in [-0.1, -0.05) is 12.7 Å². The first-order valence-corrected chi connectivity index (χ1v) is 11.8. The molecule has 2 aliphatic rings. The van der Waals surface area contributed by atoms with Gasteiger partial charge in [-0.15, -0.1) is 0 Å². The number of benzene rings is 1. The summed E-state index contributed by atoms with van der Waals surface area (Å²) in [5.74, 6) is 0.601. The highest BCUT2D eigenvalue weighted by Gasteiger charge is 2.19. The van der Waals surface area contributed by atoms with Crippen molar-refractivity contribution in [3.05, 3.63) is 72.9 Å². The minimum atomic E-state index is -0.299. The van der Waals surface area contributed by atoms with Gasteiger partial charge in [-0.3, -0.25) is 4.79 Å². The molecule has 0 saturated carbocycles. The Bertz CT molecular complexity index is 1340. The minimum absolute atomic E-state index is 0.210. The van der Waals surface area contributed by atoms with E-state index < -0.39 is 0 Å². The molecule has 1 atom stereocenters. The van der Waals surface area contributed by atoms with Gasteiger partial charge in [-0.05, 0) is 56.0 Å². The zero-order valence-corrected chi connectivity index (χ0v) is 20.0. The fraction of sp³-hybridized carbons (Fsp3) is 0.269. The normalized spacial score (nSPS) is 18.1. The summed E-state index contributed by atoms with van der Waals surface area (Å²) < 4.78 is 21.0. The van der Waals surface area contributed by atoms with Crippen LogP contribution in [-0.4, -0.2) is 65.0 Å². The number of nitrogens with zero attached hydrogens (tertiary/aromatic N) is 4. The monoisotopic (exact) mass is 489 g/mol. The molecule has 5 rings (SSSR count). The summed E-state index contributed by atoms with van der Waals surface area (Å²) in [4.78, 5) is 28.1. The number of hydrogen-bond acceptors (Lipinski definition) is 7. The number of ether oxygens (including phenoxy) is 1. The molecule has 0 bridgehead atoms. The molecule has 1 saturated heterocycles. The van der Waals surface area contributed by atoms with Crippen LogP contribution in [0.25, 0.3) is 11.0 Å². The van der Waals surface area contributed by atoms with Crippen LogP contribution in [0.5, 0.6) is 5.88 Å². The second kappa shape index (κ2) is 10.2. The third-order valence-corrected chi connectivity index (χ3v) is 6.19. The first-order valence-electron chi connectivity index (χ1n) is 11.8. The number of allylic oxidation sites excluding steroid dienone is 1. The summed E-state index contributed by atoms with van der Waals surface area (Å²) in [5, 5.41) is 6.63. The van der Waals surface area contributed by atoms with E-state index in [2.05, 4.69) is 49.0 Å². The number of amides is 1. The van der Waals surface area contributed by atoms with Gasteiger partial charge in [0.25, 0.3) is 0 Å². The van der Waals surface area contributed by atoms with Gasteiger partial charge in [0.15, 0.2) is 0 Å². The van der Waals surface area contributed by atoms with Crippen LogP contribution in [0, 0.1) is 5.82 Å². The van der Waals surface area contributed by atoms with Crippen molar-refractivity contribution in [1.82, 2.24) is 25.2 Å². The highest BCUT2D eigenvalue weighted by molar-refractivity contribution is 5.87. The van der Waals surface area contributed by atoms with E-state index in [1.165, 1.54) is 12.1 Å². The number of fused-ring (bicyclic) bond motifs is 1. The molecule has 0 spiro atoms. The molecule has 3 heterocycles. The molecule has 1 amide bonds. The molecular weight excluding hydrogens is 461 g/mol. The Morgan fingerprint density at radius 3 is 2.86 bits per heavy atom. The van der Waals surface area contributed by atoms with Crippen LogP contribution in [-0.2, 0) is 4.79 Å². The van der Waals surface area contributed by atoms with Gasteiger partial charge in [0.2, 0.25) is 17.7 Å². The molecule has 1 aliphatic carbocycles. The Kier molecular flexibility index (Phi) is 6.68. The summed E-state index contributed by atoms with van der Waals surface area (Å²) in [6, 6.07) is 6.67. The number of likely N-dealkylation sites (N-methyl/N-ethyl adjacent to an activating group) is 1. The second-order valence-electron chi connectivity index (χ2n) is 8.80. The first kappa shape index (κ1) is 23.6. The van der Waals surface area contributed by atoms with Crippen molar-refractivity contribution in [2.75, 3.05) is 43.4 Å². The number of piperazine rings is 1. The number of aromatic amines is 1. The fourth-order valence-electron chi connectivity index (χ4n) is 4.24. The summed E-state index contributed by atoms with van der Waals surface area (Å²) in [7, 11) is 2.07. The molecule has 10 heteroatoms. The number of rotatable bonds is 7. The first-order chi connectivity index (χ1) is 17.5. The summed E-state index contributed by atoms with van der Waals surface area (Å²) in [6.07, 6.45) is 9.21. The second-order valence-corrected chi connectivity index (χ2v) is 8.80. The van der Waals surface area contributed by atoms with E-state index in [9.17, 15) is 9.18 Å². The Hall–Kier alpha value is -4.18. The Labute approximate surface area is 208 Å². The number of H-pyrrole nitrogens is 1. The number of hydrogen-bond donors (Lipinski definition) is 3. The maximum Gasteiger partial charge on any atom is 0.243 e. The highest BCUT2D eigenvalue weighted by atomic mass is 19.1. The molecule has 2 aromatic heterocycles. The molecule has 3 aromatic rings. The van der Waals surface area contributed by atoms with Gasteiger partial charge in [-0.2, -0.15) is 9.97 Å². The lowest BCUT2D eigenvalue weighted by molar-refractivity contribution is -0.116. The van der Waals surface area contributed by atoms with Crippen molar-refractivity contribution in [3.8, 4) is 5.88 Å². The molecule has 0 radical (unpaired) electrons. The fourth-order valence-corrected chi connectivity index (χ4v) is 4.24. The van der Waals surface area contributed by atoms with E-state index in [4.69, 9.17) is 4.74 Å². The Morgan fingerprint density at radius 2 is 2.08 bits per heavy atom. The Balaban J connectivity index is 1.35. The van der Waals surface area contributed by atoms with E-state index in [1.807, 2.05) is 30.4 Å². The van der Waals surface area contributed by atoms with Crippen molar-refractivity contribution < 1.29 is 13.9 Å². The largest absolute Gasteiger partial charge is 0.438 e. The minimum Gasteiger partial charge on any atom is -0.438 e. The van der Waals surface area contributed by atoms with Crippen LogP contribution in [0.2, 0.25) is 0 Å². The van der Waals surface area contributed by atoms with Crippen molar-refractivity contribution >= 4 is 34.3 Å². The van der Waals surface area contributed by atoms with E-state index in [0.29, 0.717) is 40.5 Å². The predicted molar refractivity (Wildman–Crippen MR) is 138 cm³/mol. The number of aromatic nitrogens is 3. The van der Waals surface area contributed by atoms with Crippen molar-refractivity contribution in [2.24, 2.45) is 0 Å². The summed E-state index contributed by atoms with van der Waals surface area (Å²) in [6.45, 7) is 6.86. The van der Waals surface area contributed by atoms with Gasteiger partial charge >= 0.3 is 0 Å². The molecule has 1 aliphatic heterocycles. The lowest BCUT2D eigenvalue weighted by Crippen LogP contribution is -2.44. The summed E-state index contributed by atoms with van der Waals surface area (Å²) in [5.41, 5.74) is 1.70. The molecule has 3 N–H and O–H groups in total. The standard InChI is InChI=1S/C26H28FN7O2/c1-3-23(35)29-17-5-4-6-19(15-17)36-25-20-9-10-28-24(20)31-26(32-25)30-18-7-8-22(21(27)16-18)34-13-11-33(2)12-14-34/h3-4,6-10,15-17H,1,5,11-14H2,2H3,(H,29,35)(H2,28,30,31,32). The molecule has 36 heavy (non-hydrogen) atoms. The quantitative estimate of drug-likeness (QED) is 0.437. The maximum atomic E-state index is 15.0. The van der Waals surface area contributed by atoms with Gasteiger partial charge < -0.3 is 30.2 Å². The van der Waals surface area contributed by atoms with E-state index in [0.717, 1.165) is 26.2 Å². The van der Waals surface area contributed by atoms with E-state index in [1.54, 1.807) is 12.3 Å². The van der Waals surface area contributed by atoms with Crippen LogP contribution in [0.1, 0.15) is 6.42 Å². The zero-order valence-electron chi connectivity index (χ0n) is 20.0. The molecule has 1 unspecified atom stereocenters. The van der Waals surface area contributed by atoms with E-state index in [-0.39, 0.29) is 23.7 Å². The van der Waals surface area contributed by atoms with Gasteiger partial charge in [0, 0.05) is 38.1 Å². The van der Waals surface area contributed by atoms with Crippen molar-refractivity contribution in [1.29, 1.82) is 0 Å². The Morgan fingerprint density at radius 1 is 1.25 bits per heavy atom. The number of halogens is 1. The number of carbonyl (C=O) groups is 1. The molecule has 186 valence electrons. The summed E-state index contributed by atoms with van der Waals surface area (Å²) >= 11 is 0. The van der Waals surface area contributed by atoms with Crippen molar-refractivity contribution in [2.45, 2.75) is 12.5 Å². The molecule has 9 nitrogen and oxygen atoms in total. The van der Waals surface area contributed by atoms with Crippen LogP contribution in [0.3, 0.4) is 0 Å².